The van der Waals surface area contributed by atoms with Crippen molar-refractivity contribution in [3.8, 4) is 11.6 Å². The summed E-state index contributed by atoms with van der Waals surface area (Å²) in [7, 11) is 0. The van der Waals surface area contributed by atoms with Crippen molar-refractivity contribution >= 4 is 39.1 Å². The van der Waals surface area contributed by atoms with Crippen molar-refractivity contribution < 1.29 is 14.0 Å². The van der Waals surface area contributed by atoms with Crippen molar-refractivity contribution in [2.45, 2.75) is 6.54 Å². The average molecular weight is 401 g/mol. The molecule has 0 atom stereocenters. The fourth-order valence-corrected chi connectivity index (χ4v) is 4.31. The molecule has 0 fully saturated rings. The Bertz CT molecular complexity index is 1380. The van der Waals surface area contributed by atoms with E-state index in [4.69, 9.17) is 4.42 Å². The Morgan fingerprint density at radius 1 is 0.931 bits per heavy atom. The molecule has 0 bridgehead atoms. The summed E-state index contributed by atoms with van der Waals surface area (Å²) in [6.45, 7) is 0.0833. The maximum absolute atomic E-state index is 12.6. The fourth-order valence-electron chi connectivity index (χ4n) is 3.48. The second kappa shape index (κ2) is 5.82. The van der Waals surface area contributed by atoms with E-state index < -0.39 is 0 Å². The largest absolute Gasteiger partial charge is 0.453 e. The minimum Gasteiger partial charge on any atom is -0.453 e. The molecule has 0 spiro atoms. The highest BCUT2D eigenvalue weighted by atomic mass is 32.1. The van der Waals surface area contributed by atoms with Crippen molar-refractivity contribution in [2.24, 2.45) is 0 Å². The Hall–Kier alpha value is -3.85. The molecule has 0 aliphatic carbocycles. The maximum Gasteiger partial charge on any atom is 0.261 e. The Labute approximate surface area is 167 Å². The van der Waals surface area contributed by atoms with Crippen LogP contribution in [0.2, 0.25) is 0 Å². The maximum atomic E-state index is 12.6. The number of rotatable bonds is 3. The van der Waals surface area contributed by atoms with Crippen LogP contribution in [0, 0.1) is 0 Å². The van der Waals surface area contributed by atoms with Gasteiger partial charge in [-0.1, -0.05) is 41.7 Å². The average Bonchev–Trinajstić information content (AvgIpc) is 3.47. The molecule has 0 saturated heterocycles. The number of aromatic nitrogens is 4. The fraction of sp³-hybridized carbons (Fsp3) is 0.0500. The second-order valence-corrected chi connectivity index (χ2v) is 7.64. The number of fused-ring (bicyclic) bond motifs is 3. The van der Waals surface area contributed by atoms with Crippen LogP contribution in [0.25, 0.3) is 27.5 Å². The minimum absolute atomic E-state index is 0.0833. The highest BCUT2D eigenvalue weighted by molar-refractivity contribution is 7.16. The molecule has 2 aromatic carbocycles. The molecule has 8 nitrogen and oxygen atoms in total. The van der Waals surface area contributed by atoms with E-state index in [1.807, 2.05) is 30.3 Å². The van der Waals surface area contributed by atoms with E-state index in [0.29, 0.717) is 32.7 Å². The van der Waals surface area contributed by atoms with Gasteiger partial charge in [-0.05, 0) is 24.3 Å². The van der Waals surface area contributed by atoms with Gasteiger partial charge in [-0.25, -0.2) is 0 Å². The van der Waals surface area contributed by atoms with E-state index in [1.54, 1.807) is 28.8 Å². The van der Waals surface area contributed by atoms with Crippen LogP contribution in [-0.2, 0) is 6.54 Å². The van der Waals surface area contributed by atoms with E-state index in [-0.39, 0.29) is 18.4 Å². The van der Waals surface area contributed by atoms with Crippen molar-refractivity contribution in [3.63, 3.8) is 0 Å². The van der Waals surface area contributed by atoms with Crippen molar-refractivity contribution in [2.75, 3.05) is 0 Å². The smallest absolute Gasteiger partial charge is 0.261 e. The quantitative estimate of drug-likeness (QED) is 0.430. The number of imide groups is 1. The summed E-state index contributed by atoms with van der Waals surface area (Å²) in [6, 6.07) is 16.4. The van der Waals surface area contributed by atoms with E-state index in [2.05, 4.69) is 15.3 Å². The van der Waals surface area contributed by atoms with Crippen molar-refractivity contribution in [1.82, 2.24) is 24.7 Å². The number of hydrogen-bond acceptors (Lipinski definition) is 7. The first-order valence-electron chi connectivity index (χ1n) is 8.84. The van der Waals surface area contributed by atoms with E-state index >= 15 is 0 Å². The standard InChI is InChI=1S/C20H11N5O3S/c26-18-12-6-2-3-7-13(12)19(27)24(18)10-16-23-25-17(21-22-20(25)29-16)15-9-11-5-1-4-8-14(11)28-15/h1-9H,10H2. The molecular formula is C20H11N5O3S. The van der Waals surface area contributed by atoms with Gasteiger partial charge in [0.05, 0.1) is 17.7 Å². The van der Waals surface area contributed by atoms with Crippen LogP contribution in [0.3, 0.4) is 0 Å². The highest BCUT2D eigenvalue weighted by Crippen LogP contribution is 2.29. The van der Waals surface area contributed by atoms with Gasteiger partial charge in [0.15, 0.2) is 5.76 Å². The SMILES string of the molecule is O=C1c2ccccc2C(=O)N1Cc1nn2c(-c3cc4ccccc4o3)nnc2s1. The minimum atomic E-state index is -0.311. The van der Waals surface area contributed by atoms with Gasteiger partial charge >= 0.3 is 0 Å². The molecular weight excluding hydrogens is 390 g/mol. The molecule has 3 aromatic heterocycles. The molecule has 1 aliphatic rings. The third-order valence-electron chi connectivity index (χ3n) is 4.85. The van der Waals surface area contributed by atoms with Crippen LogP contribution < -0.4 is 0 Å². The zero-order valence-corrected chi connectivity index (χ0v) is 15.6. The molecule has 5 aromatic rings. The third-order valence-corrected chi connectivity index (χ3v) is 5.73. The number of carbonyl (C=O) groups is 2. The van der Waals surface area contributed by atoms with Crippen LogP contribution in [0.5, 0.6) is 0 Å². The number of hydrogen-bond donors (Lipinski definition) is 0. The first-order chi connectivity index (χ1) is 14.2. The predicted octanol–water partition coefficient (Wildman–Crippen LogP) is 3.40. The monoisotopic (exact) mass is 401 g/mol. The Morgan fingerprint density at radius 2 is 1.66 bits per heavy atom. The van der Waals surface area contributed by atoms with Gasteiger partial charge in [-0.15, -0.1) is 10.2 Å². The predicted molar refractivity (Wildman–Crippen MR) is 105 cm³/mol. The molecule has 2 amide bonds. The van der Waals surface area contributed by atoms with Gasteiger partial charge in [-0.3, -0.25) is 14.5 Å². The zero-order valence-electron chi connectivity index (χ0n) is 14.8. The van der Waals surface area contributed by atoms with Crippen LogP contribution in [-0.4, -0.2) is 36.5 Å². The summed E-state index contributed by atoms with van der Waals surface area (Å²) in [5.74, 6) is 0.403. The highest BCUT2D eigenvalue weighted by Gasteiger charge is 2.35. The number of furan rings is 1. The molecule has 0 radical (unpaired) electrons. The number of para-hydroxylation sites is 1. The zero-order chi connectivity index (χ0) is 19.5. The lowest BCUT2D eigenvalue weighted by Gasteiger charge is -2.10. The molecule has 6 rings (SSSR count). The molecule has 9 heteroatoms. The summed E-state index contributed by atoms with van der Waals surface area (Å²) in [5.41, 5.74) is 1.59. The molecule has 29 heavy (non-hydrogen) atoms. The Balaban J connectivity index is 1.36. The molecule has 140 valence electrons. The lowest BCUT2D eigenvalue weighted by atomic mass is 10.1. The summed E-state index contributed by atoms with van der Waals surface area (Å²) < 4.78 is 7.44. The molecule has 0 unspecified atom stereocenters. The van der Waals surface area contributed by atoms with Crippen LogP contribution in [0.4, 0.5) is 0 Å². The van der Waals surface area contributed by atoms with Crippen molar-refractivity contribution in [3.05, 3.63) is 70.7 Å². The van der Waals surface area contributed by atoms with Gasteiger partial charge in [0.2, 0.25) is 10.8 Å². The van der Waals surface area contributed by atoms with E-state index in [9.17, 15) is 9.59 Å². The molecule has 0 saturated carbocycles. The molecule has 4 heterocycles. The Morgan fingerprint density at radius 3 is 2.41 bits per heavy atom. The Kier molecular flexibility index (Phi) is 3.24. The topological polar surface area (TPSA) is 93.6 Å². The second-order valence-electron chi connectivity index (χ2n) is 6.60. The number of benzene rings is 2. The van der Waals surface area contributed by atoms with E-state index in [1.165, 1.54) is 16.2 Å². The van der Waals surface area contributed by atoms with Crippen LogP contribution in [0.15, 0.2) is 59.0 Å². The number of amides is 2. The number of nitrogens with zero attached hydrogens (tertiary/aromatic N) is 5. The van der Waals surface area contributed by atoms with Crippen LogP contribution >= 0.6 is 11.3 Å². The first kappa shape index (κ1) is 16.1. The first-order valence-corrected chi connectivity index (χ1v) is 9.66. The summed E-state index contributed by atoms with van der Waals surface area (Å²) in [6.07, 6.45) is 0. The van der Waals surface area contributed by atoms with Crippen LogP contribution in [0.1, 0.15) is 25.7 Å². The van der Waals surface area contributed by atoms with Gasteiger partial charge in [-0.2, -0.15) is 9.61 Å². The van der Waals surface area contributed by atoms with E-state index in [0.717, 1.165) is 11.0 Å². The van der Waals surface area contributed by atoms with Gasteiger partial charge < -0.3 is 4.42 Å². The normalized spacial score (nSPS) is 13.7. The molecule has 0 N–H and O–H groups in total. The van der Waals surface area contributed by atoms with Gasteiger partial charge in [0.25, 0.3) is 11.8 Å². The number of carbonyl (C=O) groups excluding carboxylic acids is 2. The molecule has 1 aliphatic heterocycles. The lowest BCUT2D eigenvalue weighted by molar-refractivity contribution is 0.0642. The van der Waals surface area contributed by atoms with Gasteiger partial charge in [0.1, 0.15) is 10.6 Å². The summed E-state index contributed by atoms with van der Waals surface area (Å²) in [5, 5.41) is 14.4. The summed E-state index contributed by atoms with van der Waals surface area (Å²) >= 11 is 1.28. The van der Waals surface area contributed by atoms with Crippen molar-refractivity contribution in [1.29, 1.82) is 0 Å². The lowest BCUT2D eigenvalue weighted by Crippen LogP contribution is -2.29. The third kappa shape index (κ3) is 2.34. The summed E-state index contributed by atoms with van der Waals surface area (Å²) in [4.78, 5) is 26.9. The van der Waals surface area contributed by atoms with Gasteiger partial charge in [0, 0.05) is 5.39 Å².